The van der Waals surface area contributed by atoms with Gasteiger partial charge in [-0.2, -0.15) is 0 Å². The lowest BCUT2D eigenvalue weighted by Gasteiger charge is -2.11. The van der Waals surface area contributed by atoms with Crippen LogP contribution in [-0.2, 0) is 0 Å². The number of phenols is 1. The molecule has 0 aliphatic heterocycles. The van der Waals surface area contributed by atoms with Crippen LogP contribution in [0.25, 0.3) is 20.8 Å². The molecule has 1 heterocycles. The van der Waals surface area contributed by atoms with E-state index in [1.807, 2.05) is 31.2 Å². The van der Waals surface area contributed by atoms with Crippen molar-refractivity contribution in [2.75, 3.05) is 33.8 Å². The Labute approximate surface area is 212 Å². The highest BCUT2D eigenvalue weighted by molar-refractivity contribution is 7.22. The molecule has 4 rings (SSSR count). The average Bonchev–Trinajstić information content (AvgIpc) is 3.32. The Hall–Kier alpha value is -4.24. The molecule has 2 N–H and O–H groups in total. The number of hydrogen-bond donors (Lipinski definition) is 2. The van der Waals surface area contributed by atoms with Crippen LogP contribution >= 0.6 is 11.3 Å². The molecule has 36 heavy (non-hydrogen) atoms. The number of phenolic OH excluding ortho intramolecular Hbond substituents is 1. The van der Waals surface area contributed by atoms with Gasteiger partial charge in [-0.3, -0.25) is 4.79 Å². The van der Waals surface area contributed by atoms with Crippen molar-refractivity contribution in [1.82, 2.24) is 4.98 Å². The summed E-state index contributed by atoms with van der Waals surface area (Å²) in [5.41, 5.74) is 3.90. The highest BCUT2D eigenvalue weighted by Gasteiger charge is 2.20. The first-order chi connectivity index (χ1) is 17.4. The number of carbonyl (C=O) groups excluding carboxylic acids is 1. The third kappa shape index (κ3) is 4.78. The maximum absolute atomic E-state index is 12.4. The second-order valence-corrected chi connectivity index (χ2v) is 8.77. The Morgan fingerprint density at radius 2 is 1.69 bits per heavy atom. The fraction of sp³-hybridized carbons (Fsp3) is 0.185. The lowest BCUT2D eigenvalue weighted by atomic mass is 10.1. The lowest BCUT2D eigenvalue weighted by Crippen LogP contribution is -1.98. The van der Waals surface area contributed by atoms with Crippen LogP contribution in [-0.4, -0.2) is 44.3 Å². The average molecular weight is 507 g/mol. The first-order valence-electron chi connectivity index (χ1n) is 10.9. The van der Waals surface area contributed by atoms with E-state index in [0.717, 1.165) is 32.0 Å². The van der Waals surface area contributed by atoms with Crippen LogP contribution in [0.4, 0.5) is 5.69 Å². The number of thiazole rings is 1. The van der Waals surface area contributed by atoms with Crippen molar-refractivity contribution in [2.45, 2.75) is 6.92 Å². The van der Waals surface area contributed by atoms with Gasteiger partial charge in [-0.25, -0.2) is 4.98 Å². The second-order valence-electron chi connectivity index (χ2n) is 7.77. The fourth-order valence-corrected chi connectivity index (χ4v) is 4.82. The molecule has 0 aliphatic rings. The number of fused-ring (bicyclic) bond motifs is 1. The summed E-state index contributed by atoms with van der Waals surface area (Å²) < 4.78 is 22.4. The van der Waals surface area contributed by atoms with E-state index in [1.165, 1.54) is 30.6 Å². The molecule has 0 atom stereocenters. The van der Waals surface area contributed by atoms with Gasteiger partial charge < -0.3 is 29.4 Å². The molecule has 0 fully saturated rings. The van der Waals surface area contributed by atoms with Crippen molar-refractivity contribution in [3.8, 4) is 39.3 Å². The molecule has 4 aromatic rings. The van der Waals surface area contributed by atoms with E-state index in [2.05, 4.69) is 5.32 Å². The summed E-state index contributed by atoms with van der Waals surface area (Å²) in [6, 6.07) is 12.3. The van der Waals surface area contributed by atoms with Crippen LogP contribution in [0.15, 0.2) is 54.7 Å². The van der Waals surface area contributed by atoms with E-state index in [0.29, 0.717) is 28.6 Å². The van der Waals surface area contributed by atoms with Gasteiger partial charge in [0.2, 0.25) is 5.75 Å². The van der Waals surface area contributed by atoms with E-state index >= 15 is 0 Å². The van der Waals surface area contributed by atoms with E-state index < -0.39 is 0 Å². The molecule has 0 aliphatic carbocycles. The number of aromatic nitrogens is 1. The van der Waals surface area contributed by atoms with E-state index in [4.69, 9.17) is 23.9 Å². The monoisotopic (exact) mass is 506 g/mol. The van der Waals surface area contributed by atoms with Gasteiger partial charge in [0.1, 0.15) is 9.71 Å². The molecular formula is C27H26N2O6S. The smallest absolute Gasteiger partial charge is 0.204 e. The molecule has 0 amide bonds. The number of anilines is 1. The third-order valence-electron chi connectivity index (χ3n) is 5.60. The maximum atomic E-state index is 12.4. The van der Waals surface area contributed by atoms with Crippen molar-refractivity contribution in [2.24, 2.45) is 0 Å². The van der Waals surface area contributed by atoms with Crippen molar-refractivity contribution in [1.29, 1.82) is 0 Å². The zero-order valence-corrected chi connectivity index (χ0v) is 21.4. The summed E-state index contributed by atoms with van der Waals surface area (Å²) in [7, 11) is 6.20. The lowest BCUT2D eigenvalue weighted by molar-refractivity contribution is 0.104. The Kier molecular flexibility index (Phi) is 7.30. The van der Waals surface area contributed by atoms with Gasteiger partial charge >= 0.3 is 0 Å². The van der Waals surface area contributed by atoms with Crippen molar-refractivity contribution < 1.29 is 28.8 Å². The Morgan fingerprint density at radius 3 is 2.33 bits per heavy atom. The zero-order valence-electron chi connectivity index (χ0n) is 20.5. The van der Waals surface area contributed by atoms with Gasteiger partial charge in [-0.05, 0) is 48.9 Å². The molecule has 9 heteroatoms. The minimum Gasteiger partial charge on any atom is -0.504 e. The van der Waals surface area contributed by atoms with Crippen molar-refractivity contribution in [3.05, 3.63) is 65.9 Å². The molecule has 186 valence electrons. The number of aromatic hydroxyl groups is 1. The number of ketones is 1. The first-order valence-corrected chi connectivity index (χ1v) is 11.8. The molecule has 8 nitrogen and oxygen atoms in total. The van der Waals surface area contributed by atoms with Crippen LogP contribution < -0.4 is 24.3 Å². The number of nitrogens with zero attached hydrogens (tertiary/aromatic N) is 1. The molecular weight excluding hydrogens is 480 g/mol. The molecule has 3 aromatic carbocycles. The van der Waals surface area contributed by atoms with E-state index in [1.54, 1.807) is 39.7 Å². The summed E-state index contributed by atoms with van der Waals surface area (Å²) in [5, 5.41) is 13.9. The predicted octanol–water partition coefficient (Wildman–Crippen LogP) is 5.82. The number of nitrogens with one attached hydrogen (secondary N) is 1. The fourth-order valence-electron chi connectivity index (χ4n) is 3.76. The van der Waals surface area contributed by atoms with Crippen LogP contribution in [0.3, 0.4) is 0 Å². The number of hydrogen-bond acceptors (Lipinski definition) is 9. The Balaban J connectivity index is 1.55. The quantitative estimate of drug-likeness (QED) is 0.216. The minimum absolute atomic E-state index is 0.0829. The number of carbonyl (C=O) groups is 1. The molecule has 0 spiro atoms. The van der Waals surface area contributed by atoms with Gasteiger partial charge in [0.15, 0.2) is 28.8 Å². The van der Waals surface area contributed by atoms with Crippen molar-refractivity contribution >= 4 is 33.0 Å². The van der Waals surface area contributed by atoms with Gasteiger partial charge in [0.25, 0.3) is 0 Å². The second kappa shape index (κ2) is 10.6. The molecule has 1 aromatic heterocycles. The number of ether oxygens (including phenoxy) is 4. The van der Waals surface area contributed by atoms with Gasteiger partial charge in [-0.15, -0.1) is 11.3 Å². The topological polar surface area (TPSA) is 99.1 Å². The number of aryl methyl sites for hydroxylation is 1. The highest BCUT2D eigenvalue weighted by atomic mass is 32.1. The van der Waals surface area contributed by atoms with E-state index in [-0.39, 0.29) is 11.5 Å². The predicted molar refractivity (Wildman–Crippen MR) is 141 cm³/mol. The number of methoxy groups -OCH3 is 4. The minimum atomic E-state index is -0.246. The normalized spacial score (nSPS) is 11.0. The van der Waals surface area contributed by atoms with Crippen LogP contribution in [0.5, 0.6) is 28.7 Å². The van der Waals surface area contributed by atoms with Crippen LogP contribution in [0, 0.1) is 6.92 Å². The maximum Gasteiger partial charge on any atom is 0.204 e. The summed E-state index contributed by atoms with van der Waals surface area (Å²) in [6.45, 7) is 1.98. The standard InChI is InChI=1S/C27H26N2O6S/c1-15-12-17(27-29-19-14-23(33-3)24(34-4)25(35-5)26(19)36-27)6-8-18(15)28-11-10-20(30)16-7-9-22(32-2)21(31)13-16/h6-14,28,31H,1-5H3/b11-10-. The number of benzene rings is 3. The Morgan fingerprint density at radius 1 is 0.944 bits per heavy atom. The summed E-state index contributed by atoms with van der Waals surface area (Å²) in [6.07, 6.45) is 2.99. The zero-order chi connectivity index (χ0) is 25.8. The molecule has 0 saturated heterocycles. The first kappa shape index (κ1) is 24.9. The van der Waals surface area contributed by atoms with E-state index in [9.17, 15) is 9.90 Å². The van der Waals surface area contributed by atoms with Gasteiger partial charge in [-0.1, -0.05) is 0 Å². The summed E-state index contributed by atoms with van der Waals surface area (Å²) in [5.74, 6) is 1.66. The molecule has 0 bridgehead atoms. The van der Waals surface area contributed by atoms with Crippen molar-refractivity contribution in [3.63, 3.8) is 0 Å². The number of rotatable bonds is 9. The van der Waals surface area contributed by atoms with Crippen LogP contribution in [0.1, 0.15) is 15.9 Å². The summed E-state index contributed by atoms with van der Waals surface area (Å²) >= 11 is 1.51. The molecule has 0 unspecified atom stereocenters. The third-order valence-corrected chi connectivity index (χ3v) is 6.71. The number of allylic oxidation sites excluding steroid dienone is 1. The van der Waals surface area contributed by atoms with Crippen LogP contribution in [0.2, 0.25) is 0 Å². The highest BCUT2D eigenvalue weighted by Crippen LogP contribution is 2.47. The Bertz CT molecular complexity index is 1460. The SMILES string of the molecule is COc1ccc(C(=O)/C=C\Nc2ccc(-c3nc4cc(OC)c(OC)c(OC)c4s3)cc2C)cc1O. The molecule has 0 radical (unpaired) electrons. The largest absolute Gasteiger partial charge is 0.504 e. The summed E-state index contributed by atoms with van der Waals surface area (Å²) in [4.78, 5) is 17.2. The molecule has 0 saturated carbocycles. The van der Waals surface area contributed by atoms with Gasteiger partial charge in [0, 0.05) is 35.2 Å². The van der Waals surface area contributed by atoms with Gasteiger partial charge in [0.05, 0.1) is 34.0 Å².